The molecule has 3 rings (SSSR count). The molecule has 2 bridgehead atoms. The van der Waals surface area contributed by atoms with E-state index in [1.54, 1.807) is 0 Å². The van der Waals surface area contributed by atoms with Crippen LogP contribution in [0.15, 0.2) is 0 Å². The summed E-state index contributed by atoms with van der Waals surface area (Å²) < 4.78 is 7.43. The molecular formula is C11H19ClOTe. The van der Waals surface area contributed by atoms with Gasteiger partial charge in [0.25, 0.3) is 0 Å². The quantitative estimate of drug-likeness (QED) is 0.618. The maximum absolute atomic E-state index is 6.55. The van der Waals surface area contributed by atoms with Crippen molar-refractivity contribution in [2.45, 2.75) is 48.7 Å². The Balaban J connectivity index is 2.04. The van der Waals surface area contributed by atoms with Crippen molar-refractivity contribution in [2.75, 3.05) is 0 Å². The van der Waals surface area contributed by atoms with Crippen LogP contribution in [-0.4, -0.2) is 23.6 Å². The zero-order valence-corrected chi connectivity index (χ0v) is 12.3. The van der Waals surface area contributed by atoms with Gasteiger partial charge in [-0.05, 0) is 0 Å². The van der Waals surface area contributed by atoms with Gasteiger partial charge in [0.05, 0.1) is 0 Å². The topological polar surface area (TPSA) is 9.23 Å². The summed E-state index contributed by atoms with van der Waals surface area (Å²) in [7, 11) is 6.55. The van der Waals surface area contributed by atoms with Crippen molar-refractivity contribution in [1.29, 1.82) is 0 Å². The zero-order chi connectivity index (χ0) is 10.2. The molecule has 0 aromatic rings. The van der Waals surface area contributed by atoms with Crippen LogP contribution in [0.1, 0.15) is 33.1 Å². The molecule has 0 aromatic carbocycles. The van der Waals surface area contributed by atoms with Crippen LogP contribution in [0.25, 0.3) is 0 Å². The van der Waals surface area contributed by atoms with Crippen LogP contribution in [0.2, 0.25) is 9.44 Å². The van der Waals surface area contributed by atoms with Gasteiger partial charge in [0, 0.05) is 0 Å². The van der Waals surface area contributed by atoms with Crippen molar-refractivity contribution in [1.82, 2.24) is 0 Å². The molecular weight excluding hydrogens is 311 g/mol. The Kier molecular flexibility index (Phi) is 1.93. The Morgan fingerprint density at radius 3 is 2.71 bits per heavy atom. The van der Waals surface area contributed by atoms with E-state index in [-0.39, 0.29) is 0 Å². The Morgan fingerprint density at radius 2 is 2.14 bits per heavy atom. The second-order valence-corrected chi connectivity index (χ2v) is 16.9. The van der Waals surface area contributed by atoms with E-state index in [1.165, 1.54) is 23.7 Å². The second kappa shape index (κ2) is 2.65. The molecule has 2 unspecified atom stereocenters. The molecule has 1 aliphatic heterocycles. The maximum atomic E-state index is 6.55. The molecule has 0 N–H and O–H groups in total. The number of hydrogen-bond acceptors (Lipinski definition) is 1. The van der Waals surface area contributed by atoms with Crippen molar-refractivity contribution in [3.8, 4) is 0 Å². The first-order valence-electron chi connectivity index (χ1n) is 5.51. The van der Waals surface area contributed by atoms with Crippen molar-refractivity contribution in [3.05, 3.63) is 0 Å². The fourth-order valence-corrected chi connectivity index (χ4v) is 13.1. The van der Waals surface area contributed by atoms with Gasteiger partial charge in [-0.15, -0.1) is 0 Å². The number of fused-ring (bicyclic) bond motifs is 1. The molecule has 2 aliphatic carbocycles. The van der Waals surface area contributed by atoms with Gasteiger partial charge in [-0.3, -0.25) is 0 Å². The van der Waals surface area contributed by atoms with Gasteiger partial charge >= 0.3 is 94.9 Å². The van der Waals surface area contributed by atoms with Gasteiger partial charge in [0.15, 0.2) is 0 Å². The normalized spacial score (nSPS) is 59.1. The first kappa shape index (κ1) is 10.2. The predicted molar refractivity (Wildman–Crippen MR) is 60.7 cm³/mol. The van der Waals surface area contributed by atoms with Crippen molar-refractivity contribution < 1.29 is 3.10 Å². The van der Waals surface area contributed by atoms with Crippen LogP contribution < -0.4 is 0 Å². The van der Waals surface area contributed by atoms with Gasteiger partial charge < -0.3 is 0 Å². The van der Waals surface area contributed by atoms with Crippen molar-refractivity contribution in [3.63, 3.8) is 0 Å². The number of hydrogen-bond donors (Lipinski definition) is 0. The van der Waals surface area contributed by atoms with Crippen LogP contribution in [-0.2, 0) is 3.10 Å². The molecule has 3 heteroatoms. The fraction of sp³-hybridized carbons (Fsp3) is 1.00. The van der Waals surface area contributed by atoms with E-state index >= 15 is 0 Å². The molecule has 1 heterocycles. The van der Waals surface area contributed by atoms with Crippen molar-refractivity contribution in [2.24, 2.45) is 16.7 Å². The predicted octanol–water partition coefficient (Wildman–Crippen LogP) is 3.52. The second-order valence-electron chi connectivity index (χ2n) is 5.98. The molecule has 14 heavy (non-hydrogen) atoms. The summed E-state index contributed by atoms with van der Waals surface area (Å²) in [6.45, 7) is 4.91. The van der Waals surface area contributed by atoms with E-state index in [0.29, 0.717) is 16.9 Å². The summed E-state index contributed by atoms with van der Waals surface area (Å²) in [5.74, 6) is 0.906. The van der Waals surface area contributed by atoms with Gasteiger partial charge in [0.2, 0.25) is 0 Å². The molecule has 1 spiro atoms. The summed E-state index contributed by atoms with van der Waals surface area (Å²) >= 11 is -2.34. The molecule has 0 amide bonds. The average Bonchev–Trinajstić information content (AvgIpc) is 2.50. The summed E-state index contributed by atoms with van der Waals surface area (Å²) in [6.07, 6.45) is 4.62. The summed E-state index contributed by atoms with van der Waals surface area (Å²) in [6, 6.07) is 0. The summed E-state index contributed by atoms with van der Waals surface area (Å²) in [5, 5.41) is 0. The van der Waals surface area contributed by atoms with Gasteiger partial charge in [-0.1, -0.05) is 0 Å². The summed E-state index contributed by atoms with van der Waals surface area (Å²) in [5.41, 5.74) is 0.978. The summed E-state index contributed by atoms with van der Waals surface area (Å²) in [4.78, 5) is 2.22. The molecule has 1 nitrogen and oxygen atoms in total. The van der Waals surface area contributed by atoms with Crippen LogP contribution in [0.5, 0.6) is 0 Å². The molecule has 82 valence electrons. The third-order valence-electron chi connectivity index (χ3n) is 5.19. The van der Waals surface area contributed by atoms with Gasteiger partial charge in [0.1, 0.15) is 0 Å². The molecule has 0 radical (unpaired) electrons. The monoisotopic (exact) mass is 332 g/mol. The van der Waals surface area contributed by atoms with Crippen LogP contribution in [0.4, 0.5) is 0 Å². The molecule has 1 saturated heterocycles. The van der Waals surface area contributed by atoms with E-state index in [2.05, 4.69) is 18.8 Å². The first-order chi connectivity index (χ1) is 6.37. The van der Waals surface area contributed by atoms with E-state index in [1.807, 2.05) is 0 Å². The van der Waals surface area contributed by atoms with Gasteiger partial charge in [-0.2, -0.15) is 0 Å². The average molecular weight is 330 g/mol. The Hall–Kier alpha value is 1.04. The van der Waals surface area contributed by atoms with E-state index in [9.17, 15) is 0 Å². The molecule has 0 aromatic heterocycles. The van der Waals surface area contributed by atoms with E-state index < -0.39 is 17.5 Å². The van der Waals surface area contributed by atoms with E-state index in [0.717, 1.165) is 5.92 Å². The Bertz CT molecular complexity index is 289. The molecule has 4 atom stereocenters. The Labute approximate surface area is 94.6 Å². The molecule has 3 fully saturated rings. The first-order valence-corrected chi connectivity index (χ1v) is 13.4. The van der Waals surface area contributed by atoms with Gasteiger partial charge in [-0.25, -0.2) is 0 Å². The zero-order valence-electron chi connectivity index (χ0n) is 9.18. The Morgan fingerprint density at radius 1 is 1.43 bits per heavy atom. The standard InChI is InChI=1S/C11H19ClOTe/c1-10(2)8-4-5-11(10)7-14(3,12)13-9(11)6-8/h8-9H,4-7H2,1-3H3/t8?,9-,11?/m1/s1. The van der Waals surface area contributed by atoms with Crippen LogP contribution in [0, 0.1) is 16.7 Å². The SMILES string of the molecule is CC1(C)C2CCC13C[Te@](C)(Cl)O[C@@H]3C2. The number of rotatable bonds is 0. The minimum atomic E-state index is -2.34. The molecule has 2 saturated carbocycles. The van der Waals surface area contributed by atoms with Crippen LogP contribution >= 0.6 is 8.96 Å². The van der Waals surface area contributed by atoms with Crippen LogP contribution in [0.3, 0.4) is 0 Å². The number of halogens is 1. The minimum absolute atomic E-state index is 0.481. The molecule has 3 aliphatic rings. The van der Waals surface area contributed by atoms with E-state index in [4.69, 9.17) is 12.1 Å². The van der Waals surface area contributed by atoms with Crippen molar-refractivity contribution >= 4 is 26.4 Å². The third kappa shape index (κ3) is 1.02. The third-order valence-corrected chi connectivity index (χ3v) is 11.2. The fourth-order valence-electron chi connectivity index (χ4n) is 4.21.